The maximum absolute atomic E-state index is 13.2. The van der Waals surface area contributed by atoms with Gasteiger partial charge >= 0.3 is 0 Å². The molecule has 0 bridgehead atoms. The summed E-state index contributed by atoms with van der Waals surface area (Å²) in [4.78, 5) is 27.4. The van der Waals surface area contributed by atoms with Crippen LogP contribution in [0.15, 0.2) is 69.5 Å². The number of Topliss-reactive ketones (excluding diaryl/α,β-unsaturated/α-hetero) is 1. The summed E-state index contributed by atoms with van der Waals surface area (Å²) in [5.41, 5.74) is 1.10. The van der Waals surface area contributed by atoms with Crippen LogP contribution in [0, 0.1) is 13.8 Å². The molecule has 1 saturated heterocycles. The van der Waals surface area contributed by atoms with Gasteiger partial charge in [-0.25, -0.2) is 13.6 Å². The zero-order valence-corrected chi connectivity index (χ0v) is 19.4. The van der Waals surface area contributed by atoms with Gasteiger partial charge in [0.2, 0.25) is 10.0 Å². The number of furan rings is 1. The number of hydrogen-bond acceptors (Lipinski definition) is 7. The molecule has 2 heterocycles. The normalized spacial score (nSPS) is 17.9. The number of aliphatic hydroxyl groups is 1. The summed E-state index contributed by atoms with van der Waals surface area (Å²) in [6.07, 6.45) is 0. The number of carbonyl (C=O) groups excluding carboxylic acids is 2. The first-order chi connectivity index (χ1) is 16.0. The molecule has 0 aliphatic carbocycles. The van der Waals surface area contributed by atoms with Gasteiger partial charge in [-0.2, -0.15) is 0 Å². The molecular formula is C24H22N2O7S. The molecule has 9 nitrogen and oxygen atoms in total. The number of carbonyl (C=O) groups is 2. The average Bonchev–Trinajstić information content (AvgIpc) is 3.33. The van der Waals surface area contributed by atoms with E-state index in [0.717, 1.165) is 10.5 Å². The highest BCUT2D eigenvalue weighted by molar-refractivity contribution is 7.89. The Morgan fingerprint density at radius 2 is 1.74 bits per heavy atom. The zero-order valence-electron chi connectivity index (χ0n) is 18.6. The Hall–Kier alpha value is -3.89. The van der Waals surface area contributed by atoms with Gasteiger partial charge in [-0.1, -0.05) is 11.6 Å². The molecule has 0 saturated carbocycles. The van der Waals surface area contributed by atoms with E-state index < -0.39 is 33.5 Å². The zero-order chi connectivity index (χ0) is 24.8. The van der Waals surface area contributed by atoms with Crippen LogP contribution in [0.5, 0.6) is 5.75 Å². The molecule has 1 aliphatic heterocycles. The summed E-state index contributed by atoms with van der Waals surface area (Å²) in [5, 5.41) is 16.4. The third-order valence-corrected chi connectivity index (χ3v) is 6.46. The van der Waals surface area contributed by atoms with Crippen molar-refractivity contribution in [1.82, 2.24) is 0 Å². The van der Waals surface area contributed by atoms with Crippen LogP contribution in [0.25, 0.3) is 5.76 Å². The molecule has 2 aromatic carbocycles. The van der Waals surface area contributed by atoms with E-state index >= 15 is 0 Å². The summed E-state index contributed by atoms with van der Waals surface area (Å²) >= 11 is 0. The summed E-state index contributed by atoms with van der Waals surface area (Å²) in [7, 11) is -2.52. The Labute approximate surface area is 196 Å². The van der Waals surface area contributed by atoms with Crippen molar-refractivity contribution in [2.45, 2.75) is 24.8 Å². The quantitative estimate of drug-likeness (QED) is 0.323. The number of aryl methyl sites for hydroxylation is 2. The lowest BCUT2D eigenvalue weighted by atomic mass is 9.97. The summed E-state index contributed by atoms with van der Waals surface area (Å²) in [5.74, 6) is -1.13. The predicted molar refractivity (Wildman–Crippen MR) is 124 cm³/mol. The molecule has 34 heavy (non-hydrogen) atoms. The largest absolute Gasteiger partial charge is 0.507 e. The van der Waals surface area contributed by atoms with Crippen molar-refractivity contribution in [3.63, 3.8) is 0 Å². The van der Waals surface area contributed by atoms with Crippen LogP contribution < -0.4 is 14.8 Å². The molecule has 3 aromatic rings. The number of nitrogens with two attached hydrogens (primary N) is 1. The first-order valence-corrected chi connectivity index (χ1v) is 11.7. The summed E-state index contributed by atoms with van der Waals surface area (Å²) in [6, 6.07) is 12.5. The number of rotatable bonds is 5. The van der Waals surface area contributed by atoms with E-state index in [1.165, 1.54) is 31.4 Å². The molecule has 1 amide bonds. The SMILES string of the molecule is COc1ccc(C)cc1/C(O)=C1/C(=O)C(=O)N(c2ccc(S(N)(=O)=O)cc2)C1c1ccc(C)o1. The van der Waals surface area contributed by atoms with Gasteiger partial charge in [-0.05, 0) is 62.4 Å². The second-order valence-corrected chi connectivity index (χ2v) is 9.42. The molecule has 0 radical (unpaired) electrons. The highest BCUT2D eigenvalue weighted by Gasteiger charge is 2.48. The number of hydrogen-bond donors (Lipinski definition) is 2. The number of methoxy groups -OCH3 is 1. The first-order valence-electron chi connectivity index (χ1n) is 10.2. The minimum Gasteiger partial charge on any atom is -0.507 e. The van der Waals surface area contributed by atoms with Crippen molar-refractivity contribution in [3.05, 3.63) is 82.8 Å². The average molecular weight is 483 g/mol. The lowest BCUT2D eigenvalue weighted by Gasteiger charge is -2.23. The minimum absolute atomic E-state index is 0.150. The number of anilines is 1. The van der Waals surface area contributed by atoms with Crippen molar-refractivity contribution in [1.29, 1.82) is 0 Å². The number of aliphatic hydroxyl groups excluding tert-OH is 1. The highest BCUT2D eigenvalue weighted by Crippen LogP contribution is 2.43. The van der Waals surface area contributed by atoms with Gasteiger partial charge in [0.15, 0.2) is 0 Å². The van der Waals surface area contributed by atoms with Crippen LogP contribution in [-0.4, -0.2) is 32.3 Å². The second kappa shape index (κ2) is 8.47. The summed E-state index contributed by atoms with van der Waals surface area (Å²) in [6.45, 7) is 3.52. The minimum atomic E-state index is -3.95. The first kappa shape index (κ1) is 23.3. The maximum Gasteiger partial charge on any atom is 0.300 e. The van der Waals surface area contributed by atoms with Crippen molar-refractivity contribution in [3.8, 4) is 5.75 Å². The molecule has 10 heteroatoms. The van der Waals surface area contributed by atoms with E-state index in [0.29, 0.717) is 11.5 Å². The van der Waals surface area contributed by atoms with E-state index in [-0.39, 0.29) is 27.5 Å². The molecule has 0 spiro atoms. The van der Waals surface area contributed by atoms with Gasteiger partial charge in [0, 0.05) is 5.69 Å². The number of nitrogens with zero attached hydrogens (tertiary/aromatic N) is 1. The molecule has 4 rings (SSSR count). The third kappa shape index (κ3) is 3.97. The predicted octanol–water partition coefficient (Wildman–Crippen LogP) is 3.18. The van der Waals surface area contributed by atoms with Gasteiger partial charge < -0.3 is 14.3 Å². The van der Waals surface area contributed by atoms with Crippen molar-refractivity contribution >= 4 is 33.2 Å². The smallest absolute Gasteiger partial charge is 0.300 e. The van der Waals surface area contributed by atoms with Crippen LogP contribution in [0.4, 0.5) is 5.69 Å². The van der Waals surface area contributed by atoms with Crippen LogP contribution in [0.1, 0.15) is 28.7 Å². The standard InChI is InChI=1S/C24H22N2O7S/c1-13-4-10-18(32-3)17(12-13)22(27)20-21(19-11-5-14(2)33-19)26(24(29)23(20)28)15-6-8-16(9-7-15)34(25,30)31/h4-12,21,27H,1-3H3,(H2,25,30,31)/b22-20-. The molecule has 3 N–H and O–H groups in total. The van der Waals surface area contributed by atoms with E-state index in [4.69, 9.17) is 14.3 Å². The monoisotopic (exact) mass is 482 g/mol. The van der Waals surface area contributed by atoms with E-state index in [1.54, 1.807) is 37.3 Å². The molecule has 1 aromatic heterocycles. The molecule has 1 fully saturated rings. The van der Waals surface area contributed by atoms with Gasteiger partial charge in [-0.15, -0.1) is 0 Å². The molecule has 1 unspecified atom stereocenters. The fourth-order valence-corrected chi connectivity index (χ4v) is 4.43. The lowest BCUT2D eigenvalue weighted by molar-refractivity contribution is -0.132. The van der Waals surface area contributed by atoms with E-state index in [1.807, 2.05) is 6.92 Å². The maximum atomic E-state index is 13.2. The fraction of sp³-hybridized carbons (Fsp3) is 0.167. The Balaban J connectivity index is 1.94. The van der Waals surface area contributed by atoms with Crippen molar-refractivity contribution in [2.24, 2.45) is 5.14 Å². The Bertz CT molecular complexity index is 1440. The number of benzene rings is 2. The molecule has 176 valence electrons. The van der Waals surface area contributed by atoms with Gasteiger partial charge in [0.1, 0.15) is 29.1 Å². The van der Waals surface area contributed by atoms with Crippen molar-refractivity contribution < 1.29 is 32.3 Å². The van der Waals surface area contributed by atoms with Crippen LogP contribution in [0.2, 0.25) is 0 Å². The number of sulfonamides is 1. The molecular weight excluding hydrogens is 460 g/mol. The van der Waals surface area contributed by atoms with Crippen LogP contribution >= 0.6 is 0 Å². The summed E-state index contributed by atoms with van der Waals surface area (Å²) < 4.78 is 34.4. The number of primary sulfonamides is 1. The highest BCUT2D eigenvalue weighted by atomic mass is 32.2. The van der Waals surface area contributed by atoms with Gasteiger partial charge in [-0.3, -0.25) is 14.5 Å². The topological polar surface area (TPSA) is 140 Å². The molecule has 1 aliphatic rings. The number of ketones is 1. The van der Waals surface area contributed by atoms with E-state index in [9.17, 15) is 23.1 Å². The Morgan fingerprint density at radius 3 is 2.29 bits per heavy atom. The third-order valence-electron chi connectivity index (χ3n) is 5.53. The second-order valence-electron chi connectivity index (χ2n) is 7.86. The van der Waals surface area contributed by atoms with E-state index in [2.05, 4.69) is 0 Å². The fourth-order valence-electron chi connectivity index (χ4n) is 3.92. The number of ether oxygens (including phenoxy) is 1. The number of amides is 1. The Morgan fingerprint density at radius 1 is 1.06 bits per heavy atom. The van der Waals surface area contributed by atoms with Gasteiger partial charge in [0.25, 0.3) is 11.7 Å². The molecule has 1 atom stereocenters. The lowest BCUT2D eigenvalue weighted by Crippen LogP contribution is -2.29. The van der Waals surface area contributed by atoms with Gasteiger partial charge in [0.05, 0.1) is 23.1 Å². The Kier molecular flexibility index (Phi) is 5.80. The van der Waals surface area contributed by atoms with Crippen molar-refractivity contribution in [2.75, 3.05) is 12.0 Å². The van der Waals surface area contributed by atoms with Crippen LogP contribution in [-0.2, 0) is 19.6 Å². The van der Waals surface area contributed by atoms with Crippen LogP contribution in [0.3, 0.4) is 0 Å².